The highest BCUT2D eigenvalue weighted by Gasteiger charge is 2.19. The topological polar surface area (TPSA) is 81.7 Å². The van der Waals surface area contributed by atoms with Gasteiger partial charge in [0.15, 0.2) is 5.69 Å². The summed E-state index contributed by atoms with van der Waals surface area (Å²) in [6.07, 6.45) is 4.13. The Labute approximate surface area is 127 Å². The van der Waals surface area contributed by atoms with Gasteiger partial charge in [-0.3, -0.25) is 0 Å². The van der Waals surface area contributed by atoms with Crippen LogP contribution in [0.15, 0.2) is 41.1 Å². The molecule has 0 amide bonds. The summed E-state index contributed by atoms with van der Waals surface area (Å²) < 4.78 is 7.20. The van der Waals surface area contributed by atoms with Gasteiger partial charge in [-0.15, -0.1) is 5.10 Å². The van der Waals surface area contributed by atoms with Crippen LogP contribution in [-0.2, 0) is 0 Å². The number of rotatable bonds is 3. The van der Waals surface area contributed by atoms with Crippen LogP contribution in [0.25, 0.3) is 23.0 Å². The van der Waals surface area contributed by atoms with E-state index in [-0.39, 0.29) is 0 Å². The Hall–Kier alpha value is -2.54. The summed E-state index contributed by atoms with van der Waals surface area (Å²) in [4.78, 5) is 4.40. The summed E-state index contributed by atoms with van der Waals surface area (Å²) in [6.45, 7) is 1.99. The predicted octanol–water partition coefficient (Wildman–Crippen LogP) is 1.92. The fourth-order valence-corrected chi connectivity index (χ4v) is 2.64. The van der Waals surface area contributed by atoms with E-state index in [4.69, 9.17) is 4.52 Å². The van der Waals surface area contributed by atoms with E-state index in [1.807, 2.05) is 41.2 Å². The molecule has 7 heteroatoms. The van der Waals surface area contributed by atoms with Crippen LogP contribution in [0, 0.1) is 0 Å². The Morgan fingerprint density at radius 1 is 1.23 bits per heavy atom. The Balaban J connectivity index is 1.58. The molecular weight excluding hydrogens is 280 g/mol. The second-order valence-electron chi connectivity index (χ2n) is 5.37. The van der Waals surface area contributed by atoms with E-state index < -0.39 is 0 Å². The third-order valence-electron chi connectivity index (χ3n) is 3.83. The number of hydrogen-bond donors (Lipinski definition) is 1. The summed E-state index contributed by atoms with van der Waals surface area (Å²) in [5.41, 5.74) is 1.53. The smallest absolute Gasteiger partial charge is 0.280 e. The average molecular weight is 296 g/mol. The van der Waals surface area contributed by atoms with Gasteiger partial charge in [0.05, 0.1) is 12.2 Å². The van der Waals surface area contributed by atoms with E-state index in [2.05, 4.69) is 25.8 Å². The molecule has 22 heavy (non-hydrogen) atoms. The van der Waals surface area contributed by atoms with Crippen molar-refractivity contribution in [1.29, 1.82) is 0 Å². The maximum atomic E-state index is 5.31. The van der Waals surface area contributed by atoms with Crippen molar-refractivity contribution in [2.45, 2.75) is 18.9 Å². The molecular formula is C15H16N6O. The summed E-state index contributed by atoms with van der Waals surface area (Å²) in [5.74, 6) is 0.957. The first-order valence-electron chi connectivity index (χ1n) is 7.42. The van der Waals surface area contributed by atoms with Crippen molar-refractivity contribution in [2.75, 3.05) is 13.1 Å². The summed E-state index contributed by atoms with van der Waals surface area (Å²) in [6, 6.07) is 10.1. The van der Waals surface area contributed by atoms with Gasteiger partial charge in [-0.1, -0.05) is 40.7 Å². The van der Waals surface area contributed by atoms with Crippen LogP contribution >= 0.6 is 0 Å². The van der Waals surface area contributed by atoms with Crippen LogP contribution in [0.1, 0.15) is 18.9 Å². The molecule has 112 valence electrons. The summed E-state index contributed by atoms with van der Waals surface area (Å²) in [7, 11) is 0. The lowest BCUT2D eigenvalue weighted by molar-refractivity contribution is 0.341. The minimum Gasteiger partial charge on any atom is -0.332 e. The SMILES string of the molecule is c1ccc(-c2noc(-c3cn([C@H]4CCCNC4)nn3)n2)cc1. The maximum absolute atomic E-state index is 5.31. The first-order chi connectivity index (χ1) is 10.9. The number of piperidine rings is 1. The number of nitrogens with zero attached hydrogens (tertiary/aromatic N) is 5. The van der Waals surface area contributed by atoms with Crippen molar-refractivity contribution in [2.24, 2.45) is 0 Å². The van der Waals surface area contributed by atoms with Crippen LogP contribution in [0.5, 0.6) is 0 Å². The van der Waals surface area contributed by atoms with Gasteiger partial charge >= 0.3 is 0 Å². The van der Waals surface area contributed by atoms with Crippen LogP contribution in [0.3, 0.4) is 0 Å². The van der Waals surface area contributed by atoms with Gasteiger partial charge in [0.2, 0.25) is 5.82 Å². The highest BCUT2D eigenvalue weighted by molar-refractivity contribution is 5.57. The highest BCUT2D eigenvalue weighted by atomic mass is 16.5. The van der Waals surface area contributed by atoms with Gasteiger partial charge in [-0.2, -0.15) is 4.98 Å². The van der Waals surface area contributed by atoms with Crippen molar-refractivity contribution >= 4 is 0 Å². The minimum atomic E-state index is 0.339. The third kappa shape index (κ3) is 2.50. The molecule has 4 rings (SSSR count). The molecule has 0 unspecified atom stereocenters. The van der Waals surface area contributed by atoms with E-state index >= 15 is 0 Å². The van der Waals surface area contributed by atoms with E-state index in [9.17, 15) is 0 Å². The van der Waals surface area contributed by atoms with Crippen molar-refractivity contribution in [1.82, 2.24) is 30.5 Å². The summed E-state index contributed by atoms with van der Waals surface area (Å²) in [5, 5.41) is 15.7. The predicted molar refractivity (Wildman–Crippen MR) is 79.9 cm³/mol. The van der Waals surface area contributed by atoms with Gasteiger partial charge in [0, 0.05) is 12.1 Å². The zero-order chi connectivity index (χ0) is 14.8. The fourth-order valence-electron chi connectivity index (χ4n) is 2.64. The zero-order valence-corrected chi connectivity index (χ0v) is 12.0. The standard InChI is InChI=1S/C15H16N6O/c1-2-5-11(6-3-1)14-17-15(22-19-14)13-10-21(20-18-13)12-7-4-8-16-9-12/h1-3,5-6,10,12,16H,4,7-9H2/t12-/m0/s1. The van der Waals surface area contributed by atoms with E-state index in [1.54, 1.807) is 0 Å². The Bertz CT molecular complexity index is 744. The Kier molecular flexibility index (Phi) is 3.40. The van der Waals surface area contributed by atoms with E-state index in [1.165, 1.54) is 0 Å². The van der Waals surface area contributed by atoms with Gasteiger partial charge in [0.1, 0.15) is 0 Å². The lowest BCUT2D eigenvalue weighted by Gasteiger charge is -2.22. The van der Waals surface area contributed by atoms with Crippen LogP contribution in [-0.4, -0.2) is 38.2 Å². The van der Waals surface area contributed by atoms with E-state index in [0.717, 1.165) is 31.5 Å². The molecule has 0 radical (unpaired) electrons. The van der Waals surface area contributed by atoms with Crippen molar-refractivity contribution in [3.63, 3.8) is 0 Å². The lowest BCUT2D eigenvalue weighted by atomic mass is 10.1. The zero-order valence-electron chi connectivity index (χ0n) is 12.0. The second kappa shape index (κ2) is 5.69. The lowest BCUT2D eigenvalue weighted by Crippen LogP contribution is -2.31. The Morgan fingerprint density at radius 2 is 2.14 bits per heavy atom. The van der Waals surface area contributed by atoms with Crippen molar-refractivity contribution in [3.05, 3.63) is 36.5 Å². The molecule has 0 bridgehead atoms. The molecule has 0 saturated carbocycles. The van der Waals surface area contributed by atoms with Crippen LogP contribution < -0.4 is 5.32 Å². The molecule has 1 aliphatic heterocycles. The molecule has 7 nitrogen and oxygen atoms in total. The quantitative estimate of drug-likeness (QED) is 0.795. The van der Waals surface area contributed by atoms with Gasteiger partial charge in [0.25, 0.3) is 5.89 Å². The van der Waals surface area contributed by atoms with Gasteiger partial charge < -0.3 is 9.84 Å². The van der Waals surface area contributed by atoms with Crippen LogP contribution in [0.4, 0.5) is 0 Å². The summed E-state index contributed by atoms with van der Waals surface area (Å²) >= 11 is 0. The molecule has 0 spiro atoms. The molecule has 1 atom stereocenters. The second-order valence-corrected chi connectivity index (χ2v) is 5.37. The number of aromatic nitrogens is 5. The van der Waals surface area contributed by atoms with Crippen LogP contribution in [0.2, 0.25) is 0 Å². The first kappa shape index (κ1) is 13.1. The molecule has 1 N–H and O–H groups in total. The fraction of sp³-hybridized carbons (Fsp3) is 0.333. The molecule has 1 fully saturated rings. The number of nitrogens with one attached hydrogen (secondary N) is 1. The minimum absolute atomic E-state index is 0.339. The molecule has 3 heterocycles. The number of benzene rings is 1. The highest BCUT2D eigenvalue weighted by Crippen LogP contribution is 2.22. The first-order valence-corrected chi connectivity index (χ1v) is 7.42. The molecule has 1 saturated heterocycles. The monoisotopic (exact) mass is 296 g/mol. The molecule has 3 aromatic rings. The molecule has 1 aliphatic rings. The van der Waals surface area contributed by atoms with Gasteiger partial charge in [-0.05, 0) is 19.4 Å². The third-order valence-corrected chi connectivity index (χ3v) is 3.83. The van der Waals surface area contributed by atoms with Gasteiger partial charge in [-0.25, -0.2) is 4.68 Å². The normalized spacial score (nSPS) is 18.5. The van der Waals surface area contributed by atoms with Crippen molar-refractivity contribution in [3.8, 4) is 23.0 Å². The molecule has 0 aliphatic carbocycles. The number of hydrogen-bond acceptors (Lipinski definition) is 6. The molecule has 1 aromatic carbocycles. The van der Waals surface area contributed by atoms with Crippen molar-refractivity contribution < 1.29 is 4.52 Å². The maximum Gasteiger partial charge on any atom is 0.280 e. The molecule has 2 aromatic heterocycles. The van der Waals surface area contributed by atoms with E-state index in [0.29, 0.717) is 23.5 Å². The largest absolute Gasteiger partial charge is 0.332 e. The Morgan fingerprint density at radius 3 is 2.95 bits per heavy atom. The average Bonchev–Trinajstić information content (AvgIpc) is 3.26.